The molecule has 6 nitrogen and oxygen atoms in total. The highest BCUT2D eigenvalue weighted by Gasteiger charge is 2.17. The monoisotopic (exact) mass is 368 g/mol. The van der Waals surface area contributed by atoms with Crippen molar-refractivity contribution >= 4 is 40.8 Å². The van der Waals surface area contributed by atoms with Crippen molar-refractivity contribution in [3.8, 4) is 6.07 Å². The van der Waals surface area contributed by atoms with Crippen molar-refractivity contribution in [2.45, 2.75) is 19.8 Å². The van der Waals surface area contributed by atoms with E-state index in [1.165, 1.54) is 0 Å². The third-order valence-corrected chi connectivity index (χ3v) is 3.49. The third kappa shape index (κ3) is 6.49. The fraction of sp³-hybridized carbons (Fsp3) is 0.312. The first-order valence-electron chi connectivity index (χ1n) is 7.32. The average Bonchev–Trinajstić information content (AvgIpc) is 2.56. The first-order chi connectivity index (χ1) is 11.5. The number of anilines is 1. The first kappa shape index (κ1) is 19.8. The van der Waals surface area contributed by atoms with Crippen molar-refractivity contribution < 1.29 is 9.59 Å². The van der Waals surface area contributed by atoms with Crippen LogP contribution in [-0.4, -0.2) is 24.4 Å². The molecule has 3 N–H and O–H groups in total. The van der Waals surface area contributed by atoms with Gasteiger partial charge in [-0.15, -0.1) is 11.6 Å². The van der Waals surface area contributed by atoms with Gasteiger partial charge < -0.3 is 10.6 Å². The Bertz CT molecular complexity index is 651. The largest absolute Gasteiger partial charge is 0.387 e. The summed E-state index contributed by atoms with van der Waals surface area (Å²) in [4.78, 5) is 24.0. The van der Waals surface area contributed by atoms with Crippen LogP contribution in [0, 0.1) is 11.3 Å². The van der Waals surface area contributed by atoms with Crippen LogP contribution in [0.25, 0.3) is 0 Å². The van der Waals surface area contributed by atoms with Gasteiger partial charge in [0.15, 0.2) is 0 Å². The van der Waals surface area contributed by atoms with E-state index in [1.54, 1.807) is 31.2 Å². The first-order valence-corrected chi connectivity index (χ1v) is 8.24. The lowest BCUT2D eigenvalue weighted by Gasteiger charge is -2.11. The highest BCUT2D eigenvalue weighted by Crippen LogP contribution is 2.13. The Morgan fingerprint density at radius 2 is 1.92 bits per heavy atom. The molecule has 8 heteroatoms. The van der Waals surface area contributed by atoms with E-state index in [4.69, 9.17) is 23.2 Å². The van der Waals surface area contributed by atoms with E-state index >= 15 is 0 Å². The van der Waals surface area contributed by atoms with Gasteiger partial charge in [-0.05, 0) is 37.1 Å². The third-order valence-electron chi connectivity index (χ3n) is 2.97. The number of carbonyl (C=O) groups is 2. The molecule has 128 valence electrons. The predicted octanol–water partition coefficient (Wildman–Crippen LogP) is 3.39. The summed E-state index contributed by atoms with van der Waals surface area (Å²) in [5.74, 6) is -0.291. The van der Waals surface area contributed by atoms with E-state index in [0.29, 0.717) is 41.7 Å². The summed E-state index contributed by atoms with van der Waals surface area (Å²) >= 11 is 11.4. The number of nitrogens with zero attached hydrogens (tertiary/aromatic N) is 1. The van der Waals surface area contributed by atoms with Gasteiger partial charge in [0, 0.05) is 28.8 Å². The minimum Gasteiger partial charge on any atom is -0.387 e. The lowest BCUT2D eigenvalue weighted by Crippen LogP contribution is -2.36. The molecular formula is C16H18Cl2N4O2. The summed E-state index contributed by atoms with van der Waals surface area (Å²) in [6.45, 7) is 2.35. The highest BCUT2D eigenvalue weighted by atomic mass is 35.5. The van der Waals surface area contributed by atoms with Gasteiger partial charge in [0.2, 0.25) is 0 Å². The summed E-state index contributed by atoms with van der Waals surface area (Å²) in [6.07, 6.45) is 1.15. The van der Waals surface area contributed by atoms with Crippen LogP contribution in [0.3, 0.4) is 0 Å². The molecule has 0 saturated carbocycles. The van der Waals surface area contributed by atoms with E-state index in [1.807, 2.05) is 6.07 Å². The zero-order valence-electron chi connectivity index (χ0n) is 13.2. The molecule has 0 spiro atoms. The standard InChI is InChI=1S/C16H18Cl2N4O2/c1-2-14(20-9-3-8-17)13(10-19)15(23)22-16(24)21-12-6-4-11(18)5-7-12/h4-7,20H,2-3,8-9H2,1H3,(H2,21,22,23,24). The molecule has 0 aromatic heterocycles. The van der Waals surface area contributed by atoms with Crippen LogP contribution in [-0.2, 0) is 4.79 Å². The van der Waals surface area contributed by atoms with Crippen molar-refractivity contribution in [3.05, 3.63) is 40.6 Å². The van der Waals surface area contributed by atoms with E-state index in [2.05, 4.69) is 16.0 Å². The molecule has 0 radical (unpaired) electrons. The molecular weight excluding hydrogens is 351 g/mol. The number of hydrogen-bond donors (Lipinski definition) is 3. The van der Waals surface area contributed by atoms with Crippen molar-refractivity contribution in [1.29, 1.82) is 5.26 Å². The van der Waals surface area contributed by atoms with Gasteiger partial charge in [-0.1, -0.05) is 18.5 Å². The highest BCUT2D eigenvalue weighted by molar-refractivity contribution is 6.30. The zero-order valence-corrected chi connectivity index (χ0v) is 14.7. The minimum absolute atomic E-state index is 0.127. The Morgan fingerprint density at radius 3 is 2.46 bits per heavy atom. The molecule has 0 atom stereocenters. The van der Waals surface area contributed by atoms with E-state index in [9.17, 15) is 14.9 Å². The number of amides is 3. The Kier molecular flexibility index (Phi) is 8.69. The molecule has 1 rings (SSSR count). The smallest absolute Gasteiger partial charge is 0.326 e. The Morgan fingerprint density at radius 1 is 1.25 bits per heavy atom. The molecule has 0 aliphatic heterocycles. The maximum atomic E-state index is 12.1. The SMILES string of the molecule is CCC(NCCCCl)=C(C#N)C(=O)NC(=O)Nc1ccc(Cl)cc1. The number of halogens is 2. The number of imide groups is 1. The summed E-state index contributed by atoms with van der Waals surface area (Å²) in [7, 11) is 0. The van der Waals surface area contributed by atoms with Gasteiger partial charge in [-0.3, -0.25) is 10.1 Å². The van der Waals surface area contributed by atoms with Crippen molar-refractivity contribution in [2.24, 2.45) is 0 Å². The summed E-state index contributed by atoms with van der Waals surface area (Å²) in [6, 6.07) is 7.51. The molecule has 0 heterocycles. The maximum Gasteiger partial charge on any atom is 0.326 e. The van der Waals surface area contributed by atoms with Crippen LogP contribution >= 0.6 is 23.2 Å². The van der Waals surface area contributed by atoms with Gasteiger partial charge in [-0.25, -0.2) is 4.79 Å². The second-order valence-electron chi connectivity index (χ2n) is 4.70. The lowest BCUT2D eigenvalue weighted by molar-refractivity contribution is -0.116. The second kappa shape index (κ2) is 10.5. The molecule has 0 aliphatic rings. The Balaban J connectivity index is 2.73. The molecule has 0 bridgehead atoms. The average molecular weight is 369 g/mol. The maximum absolute atomic E-state index is 12.1. The van der Waals surface area contributed by atoms with Crippen molar-refractivity contribution in [2.75, 3.05) is 17.7 Å². The second-order valence-corrected chi connectivity index (χ2v) is 5.52. The molecule has 1 aromatic carbocycles. The van der Waals surface area contributed by atoms with Crippen LogP contribution in [0.5, 0.6) is 0 Å². The van der Waals surface area contributed by atoms with E-state index in [-0.39, 0.29) is 5.57 Å². The molecule has 0 fully saturated rings. The Labute approximate surface area is 150 Å². The number of nitriles is 1. The van der Waals surface area contributed by atoms with Crippen LogP contribution < -0.4 is 16.0 Å². The Hall–Kier alpha value is -2.23. The topological polar surface area (TPSA) is 94.0 Å². The van der Waals surface area contributed by atoms with Gasteiger partial charge in [0.1, 0.15) is 11.6 Å². The van der Waals surface area contributed by atoms with E-state index in [0.717, 1.165) is 0 Å². The number of benzene rings is 1. The zero-order chi connectivity index (χ0) is 17.9. The van der Waals surface area contributed by atoms with Gasteiger partial charge >= 0.3 is 6.03 Å². The number of rotatable bonds is 7. The van der Waals surface area contributed by atoms with Crippen molar-refractivity contribution in [1.82, 2.24) is 10.6 Å². The van der Waals surface area contributed by atoms with Crippen molar-refractivity contribution in [3.63, 3.8) is 0 Å². The molecule has 1 aromatic rings. The van der Waals surface area contributed by atoms with E-state index < -0.39 is 11.9 Å². The molecule has 0 aliphatic carbocycles. The molecule has 24 heavy (non-hydrogen) atoms. The lowest BCUT2D eigenvalue weighted by atomic mass is 10.1. The number of carbonyl (C=O) groups excluding carboxylic acids is 2. The normalized spacial score (nSPS) is 11.1. The minimum atomic E-state index is -0.765. The number of urea groups is 1. The van der Waals surface area contributed by atoms with Gasteiger partial charge in [0.25, 0.3) is 5.91 Å². The summed E-state index contributed by atoms with van der Waals surface area (Å²) < 4.78 is 0. The van der Waals surface area contributed by atoms with Gasteiger partial charge in [-0.2, -0.15) is 5.26 Å². The van der Waals surface area contributed by atoms with Crippen LogP contribution in [0.2, 0.25) is 5.02 Å². The van der Waals surface area contributed by atoms with Crippen LogP contribution in [0.4, 0.5) is 10.5 Å². The quantitative estimate of drug-likeness (QED) is 0.297. The number of hydrogen-bond acceptors (Lipinski definition) is 4. The number of allylic oxidation sites excluding steroid dienone is 1. The summed E-state index contributed by atoms with van der Waals surface area (Å²) in [5.41, 5.74) is 0.820. The van der Waals surface area contributed by atoms with Gasteiger partial charge in [0.05, 0.1) is 0 Å². The molecule has 0 saturated heterocycles. The molecule has 0 unspecified atom stereocenters. The molecule has 3 amide bonds. The van der Waals surface area contributed by atoms with Crippen LogP contribution in [0.1, 0.15) is 19.8 Å². The number of alkyl halides is 1. The summed E-state index contributed by atoms with van der Waals surface area (Å²) in [5, 5.41) is 17.4. The number of nitrogens with one attached hydrogen (secondary N) is 3. The van der Waals surface area contributed by atoms with Crippen LogP contribution in [0.15, 0.2) is 35.5 Å². The fourth-order valence-corrected chi connectivity index (χ4v) is 2.07. The fourth-order valence-electron chi connectivity index (χ4n) is 1.81. The predicted molar refractivity (Wildman–Crippen MR) is 94.9 cm³/mol.